The zero-order valence-corrected chi connectivity index (χ0v) is 12.6. The van der Waals surface area contributed by atoms with Crippen LogP contribution in [0.25, 0.3) is 0 Å². The summed E-state index contributed by atoms with van der Waals surface area (Å²) in [7, 11) is 3.79. The van der Waals surface area contributed by atoms with Crippen LogP contribution in [0, 0.1) is 0 Å². The molecule has 0 saturated carbocycles. The minimum absolute atomic E-state index is 0.159. The smallest absolute Gasteiger partial charge is 0.335 e. The summed E-state index contributed by atoms with van der Waals surface area (Å²) in [5.41, 5.74) is 1.41. The largest absolute Gasteiger partial charge is 0.478 e. The molecule has 1 fully saturated rings. The number of benzene rings is 1. The Morgan fingerprint density at radius 3 is 2.52 bits per heavy atom. The fourth-order valence-corrected chi connectivity index (χ4v) is 2.74. The molecule has 1 aromatic carbocycles. The Balaban J connectivity index is 2.03. The van der Waals surface area contributed by atoms with E-state index in [1.807, 2.05) is 36.0 Å². The van der Waals surface area contributed by atoms with E-state index < -0.39 is 5.97 Å². The first-order valence-corrected chi connectivity index (χ1v) is 7.23. The molecule has 1 aliphatic heterocycles. The zero-order valence-electron chi connectivity index (χ0n) is 12.6. The SMILES string of the molecule is CN(C)CC(=O)N1CCC[C@H](c2ccc(C(=O)O)cc2)C1. The summed E-state index contributed by atoms with van der Waals surface area (Å²) in [4.78, 5) is 26.8. The summed E-state index contributed by atoms with van der Waals surface area (Å²) in [5.74, 6) is -0.451. The van der Waals surface area contributed by atoms with Gasteiger partial charge in [0.05, 0.1) is 12.1 Å². The second kappa shape index (κ2) is 6.72. The molecule has 1 aromatic rings. The van der Waals surface area contributed by atoms with Gasteiger partial charge < -0.3 is 14.9 Å². The van der Waals surface area contributed by atoms with Crippen LogP contribution in [0.1, 0.15) is 34.7 Å². The minimum Gasteiger partial charge on any atom is -0.478 e. The van der Waals surface area contributed by atoms with Gasteiger partial charge in [-0.1, -0.05) is 12.1 Å². The molecule has 0 bridgehead atoms. The fourth-order valence-electron chi connectivity index (χ4n) is 2.74. The molecular weight excluding hydrogens is 268 g/mol. The third kappa shape index (κ3) is 4.04. The van der Waals surface area contributed by atoms with E-state index >= 15 is 0 Å². The Kier molecular flexibility index (Phi) is 4.96. The molecule has 1 atom stereocenters. The van der Waals surface area contributed by atoms with Crippen LogP contribution < -0.4 is 0 Å². The van der Waals surface area contributed by atoms with Crippen molar-refractivity contribution in [2.24, 2.45) is 0 Å². The van der Waals surface area contributed by atoms with Crippen molar-refractivity contribution < 1.29 is 14.7 Å². The number of piperidine rings is 1. The predicted octanol–water partition coefficient (Wildman–Crippen LogP) is 1.65. The van der Waals surface area contributed by atoms with Crippen LogP contribution in [-0.4, -0.2) is 60.5 Å². The normalized spacial score (nSPS) is 18.8. The number of hydrogen-bond acceptors (Lipinski definition) is 3. The number of hydrogen-bond donors (Lipinski definition) is 1. The van der Waals surface area contributed by atoms with Crippen LogP contribution >= 0.6 is 0 Å². The lowest BCUT2D eigenvalue weighted by Gasteiger charge is -2.33. The minimum atomic E-state index is -0.909. The molecule has 0 spiro atoms. The maximum atomic E-state index is 12.1. The van der Waals surface area contributed by atoms with Crippen LogP contribution in [0.5, 0.6) is 0 Å². The van der Waals surface area contributed by atoms with Crippen LogP contribution in [0.15, 0.2) is 24.3 Å². The average Bonchev–Trinajstić information content (AvgIpc) is 2.47. The number of rotatable bonds is 4. The maximum Gasteiger partial charge on any atom is 0.335 e. The van der Waals surface area contributed by atoms with Gasteiger partial charge in [0.25, 0.3) is 0 Å². The monoisotopic (exact) mass is 290 g/mol. The number of likely N-dealkylation sites (tertiary alicyclic amines) is 1. The van der Waals surface area contributed by atoms with Crippen molar-refractivity contribution in [3.05, 3.63) is 35.4 Å². The highest BCUT2D eigenvalue weighted by atomic mass is 16.4. The molecule has 0 radical (unpaired) electrons. The summed E-state index contributed by atoms with van der Waals surface area (Å²) >= 11 is 0. The molecule has 114 valence electrons. The van der Waals surface area contributed by atoms with Gasteiger partial charge in [0.1, 0.15) is 0 Å². The third-order valence-corrected chi connectivity index (χ3v) is 3.85. The highest BCUT2D eigenvalue weighted by Crippen LogP contribution is 2.27. The van der Waals surface area contributed by atoms with E-state index in [1.54, 1.807) is 12.1 Å². The molecule has 21 heavy (non-hydrogen) atoms. The van der Waals surface area contributed by atoms with Crippen molar-refractivity contribution in [3.63, 3.8) is 0 Å². The van der Waals surface area contributed by atoms with E-state index in [2.05, 4.69) is 0 Å². The second-order valence-corrected chi connectivity index (χ2v) is 5.84. The van der Waals surface area contributed by atoms with Crippen molar-refractivity contribution in [3.8, 4) is 0 Å². The Morgan fingerprint density at radius 1 is 1.29 bits per heavy atom. The summed E-state index contributed by atoms with van der Waals surface area (Å²) in [6.07, 6.45) is 2.03. The van der Waals surface area contributed by atoms with Gasteiger partial charge in [0.15, 0.2) is 0 Å². The Bertz CT molecular complexity index is 511. The van der Waals surface area contributed by atoms with Crippen molar-refractivity contribution >= 4 is 11.9 Å². The van der Waals surface area contributed by atoms with Crippen LogP contribution in [-0.2, 0) is 4.79 Å². The highest BCUT2D eigenvalue weighted by Gasteiger charge is 2.24. The molecule has 1 aliphatic rings. The molecule has 5 heteroatoms. The molecule has 0 unspecified atom stereocenters. The average molecular weight is 290 g/mol. The molecule has 1 N–H and O–H groups in total. The lowest BCUT2D eigenvalue weighted by Crippen LogP contribution is -2.43. The van der Waals surface area contributed by atoms with Gasteiger partial charge in [-0.05, 0) is 44.6 Å². The van der Waals surface area contributed by atoms with Gasteiger partial charge in [-0.15, -0.1) is 0 Å². The molecule has 0 aromatic heterocycles. The molecule has 1 saturated heterocycles. The van der Waals surface area contributed by atoms with Crippen molar-refractivity contribution in [1.29, 1.82) is 0 Å². The Labute approximate surface area is 125 Å². The van der Waals surface area contributed by atoms with E-state index in [0.717, 1.165) is 31.5 Å². The van der Waals surface area contributed by atoms with Crippen molar-refractivity contribution in [1.82, 2.24) is 9.80 Å². The quantitative estimate of drug-likeness (QED) is 0.916. The first-order valence-electron chi connectivity index (χ1n) is 7.23. The summed E-state index contributed by atoms with van der Waals surface area (Å²) in [6, 6.07) is 7.01. The van der Waals surface area contributed by atoms with Crippen LogP contribution in [0.3, 0.4) is 0 Å². The van der Waals surface area contributed by atoms with Gasteiger partial charge in [0.2, 0.25) is 5.91 Å². The number of likely N-dealkylation sites (N-methyl/N-ethyl adjacent to an activating group) is 1. The second-order valence-electron chi connectivity index (χ2n) is 5.84. The summed E-state index contributed by atoms with van der Waals surface area (Å²) in [6.45, 7) is 1.97. The topological polar surface area (TPSA) is 60.9 Å². The van der Waals surface area contributed by atoms with Crippen molar-refractivity contribution in [2.45, 2.75) is 18.8 Å². The van der Waals surface area contributed by atoms with E-state index in [1.165, 1.54) is 0 Å². The third-order valence-electron chi connectivity index (χ3n) is 3.85. The zero-order chi connectivity index (χ0) is 15.4. The molecule has 1 amide bonds. The van der Waals surface area contributed by atoms with E-state index in [-0.39, 0.29) is 5.91 Å². The van der Waals surface area contributed by atoms with E-state index in [9.17, 15) is 9.59 Å². The highest BCUT2D eigenvalue weighted by molar-refractivity contribution is 5.87. The van der Waals surface area contributed by atoms with Gasteiger partial charge in [-0.2, -0.15) is 0 Å². The van der Waals surface area contributed by atoms with Gasteiger partial charge in [0, 0.05) is 19.0 Å². The van der Waals surface area contributed by atoms with Crippen molar-refractivity contribution in [2.75, 3.05) is 33.7 Å². The van der Waals surface area contributed by atoms with E-state index in [4.69, 9.17) is 5.11 Å². The molecule has 2 rings (SSSR count). The first kappa shape index (κ1) is 15.5. The fraction of sp³-hybridized carbons (Fsp3) is 0.500. The standard InChI is InChI=1S/C16H22N2O3/c1-17(2)11-15(19)18-9-3-4-14(10-18)12-5-7-13(8-6-12)16(20)21/h5-8,14H,3-4,9-11H2,1-2H3,(H,20,21)/t14-/m0/s1. The predicted molar refractivity (Wildman–Crippen MR) is 80.5 cm³/mol. The molecule has 5 nitrogen and oxygen atoms in total. The number of carboxylic acids is 1. The molecule has 0 aliphatic carbocycles. The van der Waals surface area contributed by atoms with Gasteiger partial charge in [-0.3, -0.25) is 4.79 Å². The molecule has 1 heterocycles. The lowest BCUT2D eigenvalue weighted by molar-refractivity contribution is -0.133. The summed E-state index contributed by atoms with van der Waals surface area (Å²) in [5, 5.41) is 8.93. The number of nitrogens with zero attached hydrogens (tertiary/aromatic N) is 2. The van der Waals surface area contributed by atoms with E-state index in [0.29, 0.717) is 18.0 Å². The Morgan fingerprint density at radius 2 is 1.95 bits per heavy atom. The van der Waals surface area contributed by atoms with Crippen LogP contribution in [0.2, 0.25) is 0 Å². The van der Waals surface area contributed by atoms with Gasteiger partial charge in [-0.25, -0.2) is 4.79 Å². The number of carboxylic acid groups (broad SMARTS) is 1. The maximum absolute atomic E-state index is 12.1. The van der Waals surface area contributed by atoms with Crippen LogP contribution in [0.4, 0.5) is 0 Å². The number of carbonyl (C=O) groups is 2. The number of amides is 1. The molecular formula is C16H22N2O3. The summed E-state index contributed by atoms with van der Waals surface area (Å²) < 4.78 is 0. The number of aromatic carboxylic acids is 1. The van der Waals surface area contributed by atoms with Gasteiger partial charge >= 0.3 is 5.97 Å². The number of carbonyl (C=O) groups excluding carboxylic acids is 1. The lowest BCUT2D eigenvalue weighted by atomic mass is 9.90. The Hall–Kier alpha value is -1.88. The first-order chi connectivity index (χ1) is 9.97.